The van der Waals surface area contributed by atoms with E-state index in [9.17, 15) is 4.79 Å². The monoisotopic (exact) mass is 343 g/mol. The fourth-order valence-corrected chi connectivity index (χ4v) is 3.12. The van der Waals surface area contributed by atoms with Crippen LogP contribution in [-0.2, 0) is 23.0 Å². The van der Waals surface area contributed by atoms with Crippen LogP contribution in [0.3, 0.4) is 0 Å². The fraction of sp³-hybridized carbons (Fsp3) is 0.556. The molecule has 1 atom stereocenters. The van der Waals surface area contributed by atoms with E-state index in [4.69, 9.17) is 4.74 Å². The molecular weight excluding hydrogens is 318 g/mol. The predicted octanol–water partition coefficient (Wildman–Crippen LogP) is 1.67. The van der Waals surface area contributed by atoms with E-state index in [1.54, 1.807) is 0 Å². The zero-order valence-electron chi connectivity index (χ0n) is 15.3. The summed E-state index contributed by atoms with van der Waals surface area (Å²) in [4.78, 5) is 23.4. The first-order chi connectivity index (χ1) is 11.9. The Morgan fingerprint density at radius 2 is 2.00 bits per heavy atom. The van der Waals surface area contributed by atoms with Gasteiger partial charge in [-0.2, -0.15) is 5.10 Å². The SMILES string of the molecule is Cc1cc(C)nc([C@@H]2CN(C(=O)CCc3cnn(C)c3C)CCO2)n1. The highest BCUT2D eigenvalue weighted by molar-refractivity contribution is 5.76. The van der Waals surface area contributed by atoms with Crippen molar-refractivity contribution >= 4 is 5.91 Å². The number of carbonyl (C=O) groups excluding carboxylic acids is 1. The summed E-state index contributed by atoms with van der Waals surface area (Å²) in [7, 11) is 1.91. The summed E-state index contributed by atoms with van der Waals surface area (Å²) in [6, 6.07) is 1.94. The molecule has 25 heavy (non-hydrogen) atoms. The number of aromatic nitrogens is 4. The number of hydrogen-bond acceptors (Lipinski definition) is 5. The van der Waals surface area contributed by atoms with E-state index in [0.29, 0.717) is 38.4 Å². The summed E-state index contributed by atoms with van der Waals surface area (Å²) in [5, 5.41) is 4.23. The third-order valence-electron chi connectivity index (χ3n) is 4.65. The predicted molar refractivity (Wildman–Crippen MR) is 93.0 cm³/mol. The Labute approximate surface area is 148 Å². The van der Waals surface area contributed by atoms with E-state index in [0.717, 1.165) is 22.6 Å². The zero-order valence-corrected chi connectivity index (χ0v) is 15.3. The van der Waals surface area contributed by atoms with E-state index in [1.165, 1.54) is 0 Å². The average molecular weight is 343 g/mol. The molecule has 0 spiro atoms. The highest BCUT2D eigenvalue weighted by atomic mass is 16.5. The van der Waals surface area contributed by atoms with Crippen molar-refractivity contribution in [3.05, 3.63) is 40.7 Å². The molecule has 1 amide bonds. The number of morpholine rings is 1. The van der Waals surface area contributed by atoms with Crippen molar-refractivity contribution in [2.45, 2.75) is 39.7 Å². The molecule has 1 saturated heterocycles. The van der Waals surface area contributed by atoms with Gasteiger partial charge < -0.3 is 9.64 Å². The summed E-state index contributed by atoms with van der Waals surface area (Å²) < 4.78 is 7.64. The quantitative estimate of drug-likeness (QED) is 0.844. The Kier molecular flexibility index (Phi) is 5.13. The number of hydrogen-bond donors (Lipinski definition) is 0. The number of amides is 1. The minimum Gasteiger partial charge on any atom is -0.367 e. The van der Waals surface area contributed by atoms with Crippen LogP contribution >= 0.6 is 0 Å². The number of aryl methyl sites for hydroxylation is 4. The van der Waals surface area contributed by atoms with E-state index in [-0.39, 0.29) is 12.0 Å². The second-order valence-electron chi connectivity index (χ2n) is 6.59. The Bertz CT molecular complexity index is 751. The molecule has 0 bridgehead atoms. The molecule has 3 heterocycles. The molecule has 0 N–H and O–H groups in total. The largest absolute Gasteiger partial charge is 0.367 e. The maximum Gasteiger partial charge on any atom is 0.223 e. The van der Waals surface area contributed by atoms with Gasteiger partial charge in [0.05, 0.1) is 19.3 Å². The van der Waals surface area contributed by atoms with E-state index in [2.05, 4.69) is 15.1 Å². The molecule has 2 aromatic rings. The molecule has 134 valence electrons. The van der Waals surface area contributed by atoms with Crippen molar-refractivity contribution in [1.82, 2.24) is 24.6 Å². The smallest absolute Gasteiger partial charge is 0.223 e. The van der Waals surface area contributed by atoms with Crippen LogP contribution in [0.4, 0.5) is 0 Å². The van der Waals surface area contributed by atoms with Gasteiger partial charge in [0.25, 0.3) is 0 Å². The number of rotatable bonds is 4. The molecule has 3 rings (SSSR count). The molecule has 2 aromatic heterocycles. The van der Waals surface area contributed by atoms with Crippen molar-refractivity contribution < 1.29 is 9.53 Å². The maximum atomic E-state index is 12.6. The van der Waals surface area contributed by atoms with Crippen molar-refractivity contribution in [3.8, 4) is 0 Å². The fourth-order valence-electron chi connectivity index (χ4n) is 3.12. The van der Waals surface area contributed by atoms with Crippen molar-refractivity contribution in [2.24, 2.45) is 7.05 Å². The van der Waals surface area contributed by atoms with Gasteiger partial charge >= 0.3 is 0 Å². The maximum absolute atomic E-state index is 12.6. The second-order valence-corrected chi connectivity index (χ2v) is 6.59. The van der Waals surface area contributed by atoms with Crippen LogP contribution in [0.25, 0.3) is 0 Å². The molecule has 0 aliphatic carbocycles. The van der Waals surface area contributed by atoms with Gasteiger partial charge in [-0.1, -0.05) is 0 Å². The molecule has 0 saturated carbocycles. The summed E-state index contributed by atoms with van der Waals surface area (Å²) in [5.74, 6) is 0.805. The number of nitrogens with zero attached hydrogens (tertiary/aromatic N) is 5. The highest BCUT2D eigenvalue weighted by Gasteiger charge is 2.27. The average Bonchev–Trinajstić information content (AvgIpc) is 2.91. The minimum absolute atomic E-state index is 0.140. The molecule has 1 aliphatic heterocycles. The molecule has 0 unspecified atom stereocenters. The Hall–Kier alpha value is -2.28. The first-order valence-electron chi connectivity index (χ1n) is 8.63. The van der Waals surface area contributed by atoms with Gasteiger partial charge in [0.2, 0.25) is 5.91 Å². The Balaban J connectivity index is 1.62. The molecule has 0 aromatic carbocycles. The van der Waals surface area contributed by atoms with Crippen molar-refractivity contribution in [1.29, 1.82) is 0 Å². The van der Waals surface area contributed by atoms with Gasteiger partial charge in [0.15, 0.2) is 5.82 Å². The van der Waals surface area contributed by atoms with E-state index in [1.807, 2.05) is 49.7 Å². The van der Waals surface area contributed by atoms with Gasteiger partial charge in [-0.05, 0) is 38.8 Å². The molecule has 0 radical (unpaired) electrons. The van der Waals surface area contributed by atoms with Crippen LogP contribution in [0.2, 0.25) is 0 Å². The summed E-state index contributed by atoms with van der Waals surface area (Å²) in [6.45, 7) is 7.55. The van der Waals surface area contributed by atoms with Crippen LogP contribution in [0.1, 0.15) is 41.0 Å². The lowest BCUT2D eigenvalue weighted by Gasteiger charge is -2.32. The van der Waals surface area contributed by atoms with Crippen LogP contribution in [0.15, 0.2) is 12.3 Å². The molecule has 7 nitrogen and oxygen atoms in total. The molecule has 1 fully saturated rings. The summed E-state index contributed by atoms with van der Waals surface area (Å²) in [5.41, 5.74) is 4.07. The highest BCUT2D eigenvalue weighted by Crippen LogP contribution is 2.21. The Morgan fingerprint density at radius 3 is 2.64 bits per heavy atom. The van der Waals surface area contributed by atoms with Gasteiger partial charge in [-0.15, -0.1) is 0 Å². The molecular formula is C18H25N5O2. The topological polar surface area (TPSA) is 73.1 Å². The normalized spacial score (nSPS) is 17.8. The van der Waals surface area contributed by atoms with Crippen LogP contribution in [-0.4, -0.2) is 50.3 Å². The van der Waals surface area contributed by atoms with Gasteiger partial charge in [-0.3, -0.25) is 9.48 Å². The first-order valence-corrected chi connectivity index (χ1v) is 8.63. The number of carbonyl (C=O) groups is 1. The molecule has 7 heteroatoms. The number of ether oxygens (including phenoxy) is 1. The van der Waals surface area contributed by atoms with E-state index < -0.39 is 0 Å². The lowest BCUT2D eigenvalue weighted by Crippen LogP contribution is -2.42. The van der Waals surface area contributed by atoms with Crippen LogP contribution in [0.5, 0.6) is 0 Å². The standard InChI is InChI=1S/C18H25N5O2/c1-12-9-13(2)21-18(20-12)16-11-23(7-8-25-16)17(24)6-5-15-10-19-22(4)14(15)3/h9-10,16H,5-8,11H2,1-4H3/t16-/m0/s1. The van der Waals surface area contributed by atoms with Crippen LogP contribution < -0.4 is 0 Å². The lowest BCUT2D eigenvalue weighted by atomic mass is 10.1. The van der Waals surface area contributed by atoms with Crippen molar-refractivity contribution in [3.63, 3.8) is 0 Å². The molecule has 1 aliphatic rings. The first kappa shape index (κ1) is 17.5. The van der Waals surface area contributed by atoms with Crippen molar-refractivity contribution in [2.75, 3.05) is 19.7 Å². The summed E-state index contributed by atoms with van der Waals surface area (Å²) >= 11 is 0. The van der Waals surface area contributed by atoms with Gasteiger partial charge in [-0.25, -0.2) is 9.97 Å². The van der Waals surface area contributed by atoms with Gasteiger partial charge in [0.1, 0.15) is 6.10 Å². The summed E-state index contributed by atoms with van der Waals surface area (Å²) in [6.07, 6.45) is 2.78. The third kappa shape index (κ3) is 4.04. The van der Waals surface area contributed by atoms with Gasteiger partial charge in [0, 0.05) is 37.1 Å². The Morgan fingerprint density at radius 1 is 1.28 bits per heavy atom. The zero-order chi connectivity index (χ0) is 18.0. The second kappa shape index (κ2) is 7.31. The minimum atomic E-state index is -0.253. The third-order valence-corrected chi connectivity index (χ3v) is 4.65. The lowest BCUT2D eigenvalue weighted by molar-refractivity contribution is -0.139. The van der Waals surface area contributed by atoms with Crippen LogP contribution in [0, 0.1) is 20.8 Å². The van der Waals surface area contributed by atoms with E-state index >= 15 is 0 Å².